The minimum absolute atomic E-state index is 0. The van der Waals surface area contributed by atoms with Crippen molar-refractivity contribution in [1.29, 1.82) is 0 Å². The van der Waals surface area contributed by atoms with Crippen LogP contribution in [0.5, 0.6) is 0 Å². The van der Waals surface area contributed by atoms with Crippen molar-refractivity contribution in [2.75, 3.05) is 33.4 Å². The Balaban J connectivity index is 0.00000338. The van der Waals surface area contributed by atoms with E-state index in [9.17, 15) is 0 Å². The summed E-state index contributed by atoms with van der Waals surface area (Å²) in [4.78, 5) is 4.65. The van der Waals surface area contributed by atoms with E-state index in [-0.39, 0.29) is 24.0 Å². The summed E-state index contributed by atoms with van der Waals surface area (Å²) in [6, 6.07) is 14.4. The fourth-order valence-electron chi connectivity index (χ4n) is 2.45. The first-order valence-electron chi connectivity index (χ1n) is 8.96. The van der Waals surface area contributed by atoms with Gasteiger partial charge in [0.15, 0.2) is 5.96 Å². The highest BCUT2D eigenvalue weighted by molar-refractivity contribution is 14.0. The maximum atomic E-state index is 5.37. The van der Waals surface area contributed by atoms with Gasteiger partial charge in [0.05, 0.1) is 6.26 Å². The Hall–Kier alpha value is -1.54. The van der Waals surface area contributed by atoms with Crippen molar-refractivity contribution in [3.63, 3.8) is 0 Å². The van der Waals surface area contributed by atoms with Crippen LogP contribution in [0.4, 0.5) is 0 Å². The molecule has 0 bridgehead atoms. The number of nitrogens with one attached hydrogen (secondary N) is 2. The van der Waals surface area contributed by atoms with Gasteiger partial charge in [-0.2, -0.15) is 0 Å². The van der Waals surface area contributed by atoms with Crippen LogP contribution in [0.25, 0.3) is 0 Å². The first-order chi connectivity index (χ1) is 12.4. The van der Waals surface area contributed by atoms with Crippen molar-refractivity contribution < 1.29 is 9.15 Å². The highest BCUT2D eigenvalue weighted by atomic mass is 127. The zero-order valence-electron chi connectivity index (χ0n) is 15.4. The molecule has 1 aromatic carbocycles. The topological polar surface area (TPSA) is 58.8 Å². The summed E-state index contributed by atoms with van der Waals surface area (Å²) in [5, 5.41) is 6.80. The van der Waals surface area contributed by atoms with E-state index in [4.69, 9.17) is 9.15 Å². The number of methoxy groups -OCH3 is 1. The lowest BCUT2D eigenvalue weighted by atomic mass is 10.1. The van der Waals surface area contributed by atoms with Gasteiger partial charge in [-0.15, -0.1) is 24.0 Å². The lowest BCUT2D eigenvalue weighted by Crippen LogP contribution is -2.39. The molecule has 0 aliphatic rings. The van der Waals surface area contributed by atoms with Crippen LogP contribution >= 0.6 is 24.0 Å². The quantitative estimate of drug-likeness (QED) is 0.228. The van der Waals surface area contributed by atoms with Crippen LogP contribution in [0, 0.1) is 0 Å². The monoisotopic (exact) mass is 471 g/mol. The molecule has 0 fully saturated rings. The fourth-order valence-corrected chi connectivity index (χ4v) is 2.45. The van der Waals surface area contributed by atoms with E-state index >= 15 is 0 Å². The number of hydrogen-bond acceptors (Lipinski definition) is 3. The van der Waals surface area contributed by atoms with Gasteiger partial charge in [0.2, 0.25) is 0 Å². The summed E-state index contributed by atoms with van der Waals surface area (Å²) < 4.78 is 10.4. The molecule has 5 nitrogen and oxygen atoms in total. The van der Waals surface area contributed by atoms with Crippen LogP contribution in [0.15, 0.2) is 58.1 Å². The minimum Gasteiger partial charge on any atom is -0.469 e. The summed E-state index contributed by atoms with van der Waals surface area (Å²) in [7, 11) is 1.73. The molecule has 0 amide bonds. The number of halogens is 1. The van der Waals surface area contributed by atoms with E-state index < -0.39 is 0 Å². The molecule has 0 aliphatic carbocycles. The Bertz CT molecular complexity index is 588. The molecule has 1 aromatic heterocycles. The number of aliphatic imine (C=N–C) groups is 1. The van der Waals surface area contributed by atoms with Crippen LogP contribution < -0.4 is 10.6 Å². The number of benzene rings is 1. The summed E-state index contributed by atoms with van der Waals surface area (Å²) >= 11 is 0. The molecule has 1 heterocycles. The van der Waals surface area contributed by atoms with Gasteiger partial charge in [0.1, 0.15) is 5.76 Å². The molecule has 2 rings (SSSR count). The molecule has 2 N–H and O–H groups in total. The Morgan fingerprint density at radius 1 is 1.00 bits per heavy atom. The Kier molecular flexibility index (Phi) is 12.6. The van der Waals surface area contributed by atoms with Crippen LogP contribution in [0.1, 0.15) is 24.2 Å². The minimum atomic E-state index is 0. The molecule has 26 heavy (non-hydrogen) atoms. The molecule has 144 valence electrons. The van der Waals surface area contributed by atoms with E-state index in [2.05, 4.69) is 39.9 Å². The molecular weight excluding hydrogens is 441 g/mol. The number of ether oxygens (including phenoxy) is 1. The molecule has 0 radical (unpaired) electrons. The number of hydrogen-bond donors (Lipinski definition) is 2. The van der Waals surface area contributed by atoms with Gasteiger partial charge in [-0.1, -0.05) is 30.3 Å². The highest BCUT2D eigenvalue weighted by Gasteiger charge is 2.01. The molecule has 0 spiro atoms. The van der Waals surface area contributed by atoms with Gasteiger partial charge >= 0.3 is 0 Å². The number of unbranched alkanes of at least 4 members (excludes halogenated alkanes) is 1. The van der Waals surface area contributed by atoms with Crippen molar-refractivity contribution in [3.05, 3.63) is 60.1 Å². The van der Waals surface area contributed by atoms with E-state index in [1.807, 2.05) is 18.2 Å². The van der Waals surface area contributed by atoms with Gasteiger partial charge < -0.3 is 19.8 Å². The van der Waals surface area contributed by atoms with Crippen LogP contribution in [-0.4, -0.2) is 39.3 Å². The SMILES string of the molecule is COCCCCN=C(NCCc1ccccc1)NCCc1ccco1.I. The van der Waals surface area contributed by atoms with Crippen LogP contribution in [0.3, 0.4) is 0 Å². The molecule has 2 aromatic rings. The van der Waals surface area contributed by atoms with Crippen LogP contribution in [0.2, 0.25) is 0 Å². The van der Waals surface area contributed by atoms with Crippen LogP contribution in [-0.2, 0) is 17.6 Å². The lowest BCUT2D eigenvalue weighted by Gasteiger charge is -2.12. The predicted molar refractivity (Wildman–Crippen MR) is 117 cm³/mol. The standard InChI is InChI=1S/C20H29N3O2.HI/c1-24-16-6-5-13-21-20(23-15-12-19-10-7-17-25-19)22-14-11-18-8-3-2-4-9-18;/h2-4,7-10,17H,5-6,11-16H2,1H3,(H2,21,22,23);1H. The summed E-state index contributed by atoms with van der Waals surface area (Å²) in [6.07, 6.45) is 5.58. The zero-order valence-corrected chi connectivity index (χ0v) is 17.8. The summed E-state index contributed by atoms with van der Waals surface area (Å²) in [5.41, 5.74) is 1.32. The smallest absolute Gasteiger partial charge is 0.191 e. The van der Waals surface area contributed by atoms with E-state index in [1.165, 1.54) is 5.56 Å². The van der Waals surface area contributed by atoms with Crippen molar-refractivity contribution in [3.8, 4) is 0 Å². The Labute approximate surface area is 173 Å². The van der Waals surface area contributed by atoms with Gasteiger partial charge in [-0.05, 0) is 37.0 Å². The van der Waals surface area contributed by atoms with Crippen molar-refractivity contribution >= 4 is 29.9 Å². The second-order valence-corrected chi connectivity index (χ2v) is 5.85. The second-order valence-electron chi connectivity index (χ2n) is 5.85. The number of rotatable bonds is 11. The molecular formula is C20H30IN3O2. The Morgan fingerprint density at radius 3 is 2.46 bits per heavy atom. The molecule has 0 saturated heterocycles. The average molecular weight is 471 g/mol. The van der Waals surface area contributed by atoms with Gasteiger partial charge in [0, 0.05) is 39.8 Å². The van der Waals surface area contributed by atoms with Gasteiger partial charge in [0.25, 0.3) is 0 Å². The second kappa shape index (κ2) is 14.6. The van der Waals surface area contributed by atoms with Crippen molar-refractivity contribution in [2.45, 2.75) is 25.7 Å². The average Bonchev–Trinajstić information content (AvgIpc) is 3.15. The molecule has 6 heteroatoms. The maximum Gasteiger partial charge on any atom is 0.191 e. The summed E-state index contributed by atoms with van der Waals surface area (Å²) in [5.74, 6) is 1.84. The maximum absolute atomic E-state index is 5.37. The normalized spacial score (nSPS) is 11.0. The number of furan rings is 1. The third kappa shape index (κ3) is 9.82. The third-order valence-corrected chi connectivity index (χ3v) is 3.82. The number of nitrogens with zero attached hydrogens (tertiary/aromatic N) is 1. The number of guanidine groups is 1. The Morgan fingerprint density at radius 2 is 1.77 bits per heavy atom. The first kappa shape index (κ1) is 22.5. The molecule has 0 atom stereocenters. The summed E-state index contributed by atoms with van der Waals surface area (Å²) in [6.45, 7) is 3.24. The largest absolute Gasteiger partial charge is 0.469 e. The van der Waals surface area contributed by atoms with E-state index in [1.54, 1.807) is 13.4 Å². The van der Waals surface area contributed by atoms with Crippen molar-refractivity contribution in [2.24, 2.45) is 4.99 Å². The van der Waals surface area contributed by atoms with E-state index in [0.717, 1.165) is 63.6 Å². The molecule has 0 unspecified atom stereocenters. The molecule has 0 saturated carbocycles. The molecule has 0 aliphatic heterocycles. The third-order valence-electron chi connectivity index (χ3n) is 3.82. The highest BCUT2D eigenvalue weighted by Crippen LogP contribution is 2.00. The van der Waals surface area contributed by atoms with Gasteiger partial charge in [-0.3, -0.25) is 4.99 Å². The lowest BCUT2D eigenvalue weighted by molar-refractivity contribution is 0.193. The van der Waals surface area contributed by atoms with Gasteiger partial charge in [-0.25, -0.2) is 0 Å². The fraction of sp³-hybridized carbons (Fsp3) is 0.450. The predicted octanol–water partition coefficient (Wildman–Crippen LogP) is 3.64. The van der Waals surface area contributed by atoms with E-state index in [0.29, 0.717) is 0 Å². The first-order valence-corrected chi connectivity index (χ1v) is 8.96. The van der Waals surface area contributed by atoms with Crippen molar-refractivity contribution in [1.82, 2.24) is 10.6 Å². The zero-order chi connectivity index (χ0) is 17.6.